The highest BCUT2D eigenvalue weighted by molar-refractivity contribution is 5.78. The lowest BCUT2D eigenvalue weighted by atomic mass is 9.98. The lowest BCUT2D eigenvalue weighted by Crippen LogP contribution is -2.32. The molecule has 1 rings (SSSR count). The molecule has 1 aromatic rings. The molecule has 1 N–H and O–H groups in total. The van der Waals surface area contributed by atoms with Crippen molar-refractivity contribution in [2.45, 2.75) is 46.0 Å². The Morgan fingerprint density at radius 2 is 1.91 bits per heavy atom. The molecule has 0 aliphatic rings. The van der Waals surface area contributed by atoms with Crippen LogP contribution in [0.25, 0.3) is 0 Å². The molecular weight excluding hydrogens is 278 g/mol. The standard InChI is InChI=1S/C18H29NO3/c1-5-7-8-15(6-2)18(20)19-12-11-14-9-10-16(21-3)17(13-14)22-4/h9-10,13,15H,5-8,11-12H2,1-4H3,(H,19,20). The molecule has 0 spiro atoms. The predicted octanol–water partition coefficient (Wildman–Crippen LogP) is 3.58. The van der Waals surface area contributed by atoms with Crippen LogP contribution in [0.3, 0.4) is 0 Å². The molecule has 1 atom stereocenters. The molecule has 1 amide bonds. The van der Waals surface area contributed by atoms with Gasteiger partial charge in [0, 0.05) is 12.5 Å². The summed E-state index contributed by atoms with van der Waals surface area (Å²) < 4.78 is 10.5. The van der Waals surface area contributed by atoms with Gasteiger partial charge >= 0.3 is 0 Å². The predicted molar refractivity (Wildman–Crippen MR) is 89.6 cm³/mol. The second-order valence-electron chi connectivity index (χ2n) is 5.48. The van der Waals surface area contributed by atoms with E-state index in [4.69, 9.17) is 9.47 Å². The molecule has 22 heavy (non-hydrogen) atoms. The van der Waals surface area contributed by atoms with Crippen LogP contribution in [0.4, 0.5) is 0 Å². The number of unbranched alkanes of at least 4 members (excludes halogenated alkanes) is 1. The highest BCUT2D eigenvalue weighted by Crippen LogP contribution is 2.27. The van der Waals surface area contributed by atoms with Crippen LogP contribution in [0.2, 0.25) is 0 Å². The van der Waals surface area contributed by atoms with Crippen molar-refractivity contribution in [3.8, 4) is 11.5 Å². The molecule has 0 bridgehead atoms. The van der Waals surface area contributed by atoms with E-state index in [1.807, 2.05) is 18.2 Å². The molecule has 0 aliphatic heterocycles. The van der Waals surface area contributed by atoms with Gasteiger partial charge in [0.2, 0.25) is 5.91 Å². The minimum Gasteiger partial charge on any atom is -0.493 e. The van der Waals surface area contributed by atoms with E-state index in [2.05, 4.69) is 19.2 Å². The van der Waals surface area contributed by atoms with Gasteiger partial charge in [-0.3, -0.25) is 4.79 Å². The first-order valence-corrected chi connectivity index (χ1v) is 8.14. The first-order chi connectivity index (χ1) is 10.7. The molecule has 0 saturated carbocycles. The molecule has 0 radical (unpaired) electrons. The molecular formula is C18H29NO3. The normalized spacial score (nSPS) is 11.8. The summed E-state index contributed by atoms with van der Waals surface area (Å²) >= 11 is 0. The van der Waals surface area contributed by atoms with Crippen LogP contribution >= 0.6 is 0 Å². The fraction of sp³-hybridized carbons (Fsp3) is 0.611. The molecule has 0 aliphatic carbocycles. The third kappa shape index (κ3) is 5.58. The average molecular weight is 307 g/mol. The van der Waals surface area contributed by atoms with E-state index >= 15 is 0 Å². The van der Waals surface area contributed by atoms with Crippen LogP contribution in [-0.2, 0) is 11.2 Å². The number of carbonyl (C=O) groups is 1. The Labute approximate surface area is 134 Å². The Morgan fingerprint density at radius 1 is 1.18 bits per heavy atom. The fourth-order valence-corrected chi connectivity index (χ4v) is 2.48. The summed E-state index contributed by atoms with van der Waals surface area (Å²) in [5, 5.41) is 3.05. The van der Waals surface area contributed by atoms with Gasteiger partial charge in [-0.15, -0.1) is 0 Å². The fourth-order valence-electron chi connectivity index (χ4n) is 2.48. The maximum Gasteiger partial charge on any atom is 0.223 e. The average Bonchev–Trinajstić information content (AvgIpc) is 2.55. The third-order valence-electron chi connectivity index (χ3n) is 3.93. The summed E-state index contributed by atoms with van der Waals surface area (Å²) in [5.41, 5.74) is 1.12. The zero-order valence-electron chi connectivity index (χ0n) is 14.3. The van der Waals surface area contributed by atoms with Gasteiger partial charge in [0.05, 0.1) is 14.2 Å². The summed E-state index contributed by atoms with van der Waals surface area (Å²) in [6.45, 7) is 4.88. The van der Waals surface area contributed by atoms with Crippen molar-refractivity contribution in [2.75, 3.05) is 20.8 Å². The first-order valence-electron chi connectivity index (χ1n) is 8.14. The van der Waals surface area contributed by atoms with Crippen molar-refractivity contribution in [3.63, 3.8) is 0 Å². The van der Waals surface area contributed by atoms with Gasteiger partial charge in [-0.05, 0) is 37.0 Å². The van der Waals surface area contributed by atoms with Gasteiger partial charge in [0.25, 0.3) is 0 Å². The van der Waals surface area contributed by atoms with E-state index in [9.17, 15) is 4.79 Å². The van der Waals surface area contributed by atoms with Crippen LogP contribution in [0, 0.1) is 5.92 Å². The topological polar surface area (TPSA) is 47.6 Å². The number of benzene rings is 1. The number of amides is 1. The zero-order chi connectivity index (χ0) is 16.4. The number of ether oxygens (including phenoxy) is 2. The maximum absolute atomic E-state index is 12.1. The molecule has 0 saturated heterocycles. The minimum atomic E-state index is 0.144. The Morgan fingerprint density at radius 3 is 2.50 bits per heavy atom. The largest absolute Gasteiger partial charge is 0.493 e. The Kier molecular flexibility index (Phi) is 8.41. The smallest absolute Gasteiger partial charge is 0.223 e. The van der Waals surface area contributed by atoms with Crippen LogP contribution in [-0.4, -0.2) is 26.7 Å². The monoisotopic (exact) mass is 307 g/mol. The quantitative estimate of drug-likeness (QED) is 0.719. The number of hydrogen-bond acceptors (Lipinski definition) is 3. The number of hydrogen-bond donors (Lipinski definition) is 1. The number of nitrogens with one attached hydrogen (secondary N) is 1. The van der Waals surface area contributed by atoms with Gasteiger partial charge in [0.15, 0.2) is 11.5 Å². The molecule has 0 heterocycles. The van der Waals surface area contributed by atoms with Crippen molar-refractivity contribution >= 4 is 5.91 Å². The van der Waals surface area contributed by atoms with E-state index in [1.54, 1.807) is 14.2 Å². The van der Waals surface area contributed by atoms with Crippen LogP contribution < -0.4 is 14.8 Å². The van der Waals surface area contributed by atoms with Crippen LogP contribution in [0.1, 0.15) is 45.1 Å². The first kappa shape index (κ1) is 18.3. The lowest BCUT2D eigenvalue weighted by Gasteiger charge is -2.15. The number of methoxy groups -OCH3 is 2. The van der Waals surface area contributed by atoms with Gasteiger partial charge in [-0.25, -0.2) is 0 Å². The third-order valence-corrected chi connectivity index (χ3v) is 3.93. The summed E-state index contributed by atoms with van der Waals surface area (Å²) in [7, 11) is 3.25. The molecule has 4 heteroatoms. The van der Waals surface area contributed by atoms with E-state index in [0.717, 1.165) is 49.2 Å². The zero-order valence-corrected chi connectivity index (χ0v) is 14.3. The molecule has 0 aromatic heterocycles. The maximum atomic E-state index is 12.1. The molecule has 124 valence electrons. The van der Waals surface area contributed by atoms with Gasteiger partial charge in [-0.2, -0.15) is 0 Å². The molecule has 1 unspecified atom stereocenters. The molecule has 4 nitrogen and oxygen atoms in total. The summed E-state index contributed by atoms with van der Waals surface area (Å²) in [5.74, 6) is 1.77. The van der Waals surface area contributed by atoms with Gasteiger partial charge < -0.3 is 14.8 Å². The summed E-state index contributed by atoms with van der Waals surface area (Å²) in [4.78, 5) is 12.1. The highest BCUT2D eigenvalue weighted by atomic mass is 16.5. The van der Waals surface area contributed by atoms with E-state index in [1.165, 1.54) is 0 Å². The molecule has 1 aromatic carbocycles. The van der Waals surface area contributed by atoms with Crippen molar-refractivity contribution in [1.29, 1.82) is 0 Å². The van der Waals surface area contributed by atoms with E-state index in [-0.39, 0.29) is 11.8 Å². The number of rotatable bonds is 10. The SMILES string of the molecule is CCCCC(CC)C(=O)NCCc1ccc(OC)c(OC)c1. The highest BCUT2D eigenvalue weighted by Gasteiger charge is 2.15. The Balaban J connectivity index is 2.47. The van der Waals surface area contributed by atoms with Crippen molar-refractivity contribution < 1.29 is 14.3 Å². The van der Waals surface area contributed by atoms with Gasteiger partial charge in [-0.1, -0.05) is 32.8 Å². The molecule has 0 fully saturated rings. The number of carbonyl (C=O) groups excluding carboxylic acids is 1. The second-order valence-corrected chi connectivity index (χ2v) is 5.48. The van der Waals surface area contributed by atoms with Crippen LogP contribution in [0.15, 0.2) is 18.2 Å². The van der Waals surface area contributed by atoms with Crippen molar-refractivity contribution in [2.24, 2.45) is 5.92 Å². The Hall–Kier alpha value is -1.71. The summed E-state index contributed by atoms with van der Waals surface area (Å²) in [6.07, 6.45) is 4.92. The van der Waals surface area contributed by atoms with Crippen molar-refractivity contribution in [1.82, 2.24) is 5.32 Å². The van der Waals surface area contributed by atoms with E-state index in [0.29, 0.717) is 6.54 Å². The Bertz CT molecular complexity index is 460. The van der Waals surface area contributed by atoms with Crippen molar-refractivity contribution in [3.05, 3.63) is 23.8 Å². The summed E-state index contributed by atoms with van der Waals surface area (Å²) in [6, 6.07) is 5.85. The second kappa shape index (κ2) is 10.1. The van der Waals surface area contributed by atoms with Gasteiger partial charge in [0.1, 0.15) is 0 Å². The minimum absolute atomic E-state index is 0.144. The lowest BCUT2D eigenvalue weighted by molar-refractivity contribution is -0.125. The van der Waals surface area contributed by atoms with E-state index < -0.39 is 0 Å². The van der Waals surface area contributed by atoms with Crippen LogP contribution in [0.5, 0.6) is 11.5 Å².